The zero-order valence-electron chi connectivity index (χ0n) is 9.68. The maximum absolute atomic E-state index is 11.3. The van der Waals surface area contributed by atoms with E-state index in [0.29, 0.717) is 6.61 Å². The molecule has 4 heteroatoms. The van der Waals surface area contributed by atoms with Crippen LogP contribution < -0.4 is 5.32 Å². The van der Waals surface area contributed by atoms with Gasteiger partial charge in [0.05, 0.1) is 11.1 Å². The summed E-state index contributed by atoms with van der Waals surface area (Å²) in [5.41, 5.74) is -1.63. The molecule has 0 spiro atoms. The molecule has 0 aliphatic carbocycles. The number of rotatable bonds is 5. The standard InChI is InChI=1S/C10H21NO3/c1-6-14-7-8(12)11-9(2,3)10(4,5)13/h13H,6-7H2,1-5H3,(H,11,12). The first kappa shape index (κ1) is 13.4. The Morgan fingerprint density at radius 1 is 1.36 bits per heavy atom. The molecule has 2 N–H and O–H groups in total. The molecule has 4 nitrogen and oxygen atoms in total. The predicted molar refractivity (Wildman–Crippen MR) is 55.0 cm³/mol. The van der Waals surface area contributed by atoms with Crippen molar-refractivity contribution in [2.24, 2.45) is 0 Å². The second kappa shape index (κ2) is 4.75. The summed E-state index contributed by atoms with van der Waals surface area (Å²) in [5, 5.41) is 12.5. The Labute approximate surface area is 85.6 Å². The molecular formula is C10H21NO3. The second-order valence-electron chi connectivity index (χ2n) is 4.37. The minimum Gasteiger partial charge on any atom is -0.388 e. The molecule has 0 unspecified atom stereocenters. The van der Waals surface area contributed by atoms with Crippen LogP contribution in [0.2, 0.25) is 0 Å². The quantitative estimate of drug-likeness (QED) is 0.691. The Bertz CT molecular complexity index is 194. The number of hydrogen-bond donors (Lipinski definition) is 2. The molecule has 0 radical (unpaired) electrons. The van der Waals surface area contributed by atoms with E-state index in [-0.39, 0.29) is 12.5 Å². The lowest BCUT2D eigenvalue weighted by atomic mass is 9.86. The van der Waals surface area contributed by atoms with E-state index in [1.807, 2.05) is 6.92 Å². The van der Waals surface area contributed by atoms with Crippen molar-refractivity contribution in [3.05, 3.63) is 0 Å². The van der Waals surface area contributed by atoms with Gasteiger partial charge >= 0.3 is 0 Å². The number of aliphatic hydroxyl groups is 1. The van der Waals surface area contributed by atoms with Crippen molar-refractivity contribution in [2.75, 3.05) is 13.2 Å². The van der Waals surface area contributed by atoms with Crippen molar-refractivity contribution < 1.29 is 14.6 Å². The van der Waals surface area contributed by atoms with Crippen LogP contribution in [0.1, 0.15) is 34.6 Å². The summed E-state index contributed by atoms with van der Waals surface area (Å²) in [5.74, 6) is -0.209. The zero-order valence-corrected chi connectivity index (χ0v) is 9.68. The molecule has 0 rings (SSSR count). The fraction of sp³-hybridized carbons (Fsp3) is 0.900. The minimum absolute atomic E-state index is 0.0377. The zero-order chi connectivity index (χ0) is 11.4. The predicted octanol–water partition coefficient (Wildman–Crippen LogP) is 0.689. The molecule has 0 saturated heterocycles. The van der Waals surface area contributed by atoms with Crippen LogP contribution in [0.5, 0.6) is 0 Å². The number of amides is 1. The van der Waals surface area contributed by atoms with E-state index < -0.39 is 11.1 Å². The Hall–Kier alpha value is -0.610. The van der Waals surface area contributed by atoms with E-state index in [0.717, 1.165) is 0 Å². The van der Waals surface area contributed by atoms with E-state index in [4.69, 9.17) is 4.74 Å². The summed E-state index contributed by atoms with van der Waals surface area (Å²) >= 11 is 0. The molecule has 0 saturated carbocycles. The van der Waals surface area contributed by atoms with E-state index in [1.165, 1.54) is 0 Å². The Balaban J connectivity index is 4.16. The average molecular weight is 203 g/mol. The third kappa shape index (κ3) is 4.07. The monoisotopic (exact) mass is 203 g/mol. The van der Waals surface area contributed by atoms with Crippen molar-refractivity contribution in [3.8, 4) is 0 Å². The van der Waals surface area contributed by atoms with Gasteiger partial charge in [0, 0.05) is 6.61 Å². The van der Waals surface area contributed by atoms with Crippen LogP contribution in [-0.4, -0.2) is 35.4 Å². The fourth-order valence-electron chi connectivity index (χ4n) is 0.732. The summed E-state index contributed by atoms with van der Waals surface area (Å²) in [7, 11) is 0. The number of carbonyl (C=O) groups excluding carboxylic acids is 1. The molecule has 0 aromatic carbocycles. The van der Waals surface area contributed by atoms with Crippen LogP contribution in [-0.2, 0) is 9.53 Å². The Morgan fingerprint density at radius 3 is 2.21 bits per heavy atom. The first-order valence-corrected chi connectivity index (χ1v) is 4.82. The van der Waals surface area contributed by atoms with Gasteiger partial charge in [0.1, 0.15) is 6.61 Å². The molecule has 0 aliphatic heterocycles. The largest absolute Gasteiger partial charge is 0.388 e. The lowest BCUT2D eigenvalue weighted by Gasteiger charge is -2.37. The van der Waals surface area contributed by atoms with Crippen molar-refractivity contribution in [3.63, 3.8) is 0 Å². The first-order chi connectivity index (χ1) is 6.20. The maximum atomic E-state index is 11.3. The molecule has 1 amide bonds. The summed E-state index contributed by atoms with van der Waals surface area (Å²) in [6.07, 6.45) is 0. The third-order valence-electron chi connectivity index (χ3n) is 2.42. The summed E-state index contributed by atoms with van der Waals surface area (Å²) in [4.78, 5) is 11.3. The van der Waals surface area contributed by atoms with Crippen LogP contribution in [0.4, 0.5) is 0 Å². The smallest absolute Gasteiger partial charge is 0.246 e. The maximum Gasteiger partial charge on any atom is 0.246 e. The van der Waals surface area contributed by atoms with Crippen molar-refractivity contribution in [2.45, 2.75) is 45.8 Å². The summed E-state index contributed by atoms with van der Waals surface area (Å²) in [6, 6.07) is 0. The van der Waals surface area contributed by atoms with Crippen molar-refractivity contribution in [1.82, 2.24) is 5.32 Å². The third-order valence-corrected chi connectivity index (χ3v) is 2.42. The molecule has 0 bridgehead atoms. The molecule has 0 fully saturated rings. The van der Waals surface area contributed by atoms with Gasteiger partial charge in [-0.1, -0.05) is 0 Å². The van der Waals surface area contributed by atoms with Crippen LogP contribution in [0.15, 0.2) is 0 Å². The highest BCUT2D eigenvalue weighted by molar-refractivity contribution is 5.78. The highest BCUT2D eigenvalue weighted by Crippen LogP contribution is 2.20. The number of nitrogens with one attached hydrogen (secondary N) is 1. The number of hydrogen-bond acceptors (Lipinski definition) is 3. The van der Waals surface area contributed by atoms with Gasteiger partial charge < -0.3 is 15.2 Å². The van der Waals surface area contributed by atoms with Gasteiger partial charge in [-0.15, -0.1) is 0 Å². The number of carbonyl (C=O) groups is 1. The van der Waals surface area contributed by atoms with E-state index in [2.05, 4.69) is 5.32 Å². The van der Waals surface area contributed by atoms with Crippen LogP contribution in [0.3, 0.4) is 0 Å². The molecule has 0 aliphatic rings. The molecule has 84 valence electrons. The van der Waals surface area contributed by atoms with Gasteiger partial charge in [0.2, 0.25) is 5.91 Å². The van der Waals surface area contributed by atoms with Gasteiger partial charge in [0.15, 0.2) is 0 Å². The Kier molecular flexibility index (Phi) is 4.55. The number of ether oxygens (including phenoxy) is 1. The minimum atomic E-state index is -0.963. The van der Waals surface area contributed by atoms with E-state index >= 15 is 0 Å². The molecule has 14 heavy (non-hydrogen) atoms. The topological polar surface area (TPSA) is 58.6 Å². The van der Waals surface area contributed by atoms with Gasteiger partial charge in [-0.25, -0.2) is 0 Å². The summed E-state index contributed by atoms with van der Waals surface area (Å²) < 4.78 is 4.96. The molecule has 0 heterocycles. The van der Waals surface area contributed by atoms with Gasteiger partial charge in [0.25, 0.3) is 0 Å². The highest BCUT2D eigenvalue weighted by Gasteiger charge is 2.36. The van der Waals surface area contributed by atoms with Gasteiger partial charge in [-0.3, -0.25) is 4.79 Å². The van der Waals surface area contributed by atoms with E-state index in [1.54, 1.807) is 27.7 Å². The second-order valence-corrected chi connectivity index (χ2v) is 4.37. The van der Waals surface area contributed by atoms with E-state index in [9.17, 15) is 9.90 Å². The van der Waals surface area contributed by atoms with Crippen LogP contribution in [0, 0.1) is 0 Å². The first-order valence-electron chi connectivity index (χ1n) is 4.82. The SMILES string of the molecule is CCOCC(=O)NC(C)(C)C(C)(C)O. The van der Waals surface area contributed by atoms with Gasteiger partial charge in [-0.05, 0) is 34.6 Å². The normalized spacial score (nSPS) is 12.7. The van der Waals surface area contributed by atoms with Crippen LogP contribution in [0.25, 0.3) is 0 Å². The van der Waals surface area contributed by atoms with Crippen molar-refractivity contribution in [1.29, 1.82) is 0 Å². The average Bonchev–Trinajstić information content (AvgIpc) is 1.97. The lowest BCUT2D eigenvalue weighted by molar-refractivity contribution is -0.130. The molecule has 0 atom stereocenters. The summed E-state index contributed by atoms with van der Waals surface area (Å²) in [6.45, 7) is 9.25. The van der Waals surface area contributed by atoms with Crippen molar-refractivity contribution >= 4 is 5.91 Å². The molecular weight excluding hydrogens is 182 g/mol. The molecule has 0 aromatic heterocycles. The fourth-order valence-corrected chi connectivity index (χ4v) is 0.732. The highest BCUT2D eigenvalue weighted by atomic mass is 16.5. The molecule has 0 aromatic rings. The Morgan fingerprint density at radius 2 is 1.86 bits per heavy atom. The van der Waals surface area contributed by atoms with Crippen LogP contribution >= 0.6 is 0 Å². The van der Waals surface area contributed by atoms with Gasteiger partial charge in [-0.2, -0.15) is 0 Å². The lowest BCUT2D eigenvalue weighted by Crippen LogP contribution is -2.58.